The molecule has 0 atom stereocenters. The fourth-order valence-electron chi connectivity index (χ4n) is 3.25. The van der Waals surface area contributed by atoms with E-state index in [4.69, 9.17) is 4.74 Å². The zero-order valence-corrected chi connectivity index (χ0v) is 18.0. The number of ether oxygens (including phenoxy) is 1. The lowest BCUT2D eigenvalue weighted by molar-refractivity contribution is -0.133. The van der Waals surface area contributed by atoms with E-state index in [0.29, 0.717) is 24.9 Å². The third-order valence-corrected chi connectivity index (χ3v) is 4.60. The molecule has 3 rings (SSSR count). The van der Waals surface area contributed by atoms with Gasteiger partial charge in [-0.1, -0.05) is 36.4 Å². The molecular weight excluding hydrogens is 376 g/mol. The molecule has 0 aliphatic heterocycles. The molecule has 3 aromatic rings. The number of carbonyl (C=O) groups is 1. The van der Waals surface area contributed by atoms with Crippen LogP contribution < -0.4 is 10.1 Å². The molecule has 0 aliphatic carbocycles. The van der Waals surface area contributed by atoms with Crippen molar-refractivity contribution in [2.75, 3.05) is 18.5 Å². The molecule has 0 aliphatic rings. The third-order valence-electron chi connectivity index (χ3n) is 4.60. The van der Waals surface area contributed by atoms with Crippen LogP contribution in [-0.2, 0) is 11.3 Å². The van der Waals surface area contributed by atoms with Gasteiger partial charge in [-0.3, -0.25) is 4.79 Å². The molecule has 6 heteroatoms. The van der Waals surface area contributed by atoms with Gasteiger partial charge in [0, 0.05) is 30.5 Å². The van der Waals surface area contributed by atoms with Crippen LogP contribution in [0.5, 0.6) is 5.88 Å². The van der Waals surface area contributed by atoms with Crippen molar-refractivity contribution < 1.29 is 9.53 Å². The molecule has 0 spiro atoms. The highest BCUT2D eigenvalue weighted by Crippen LogP contribution is 2.19. The molecule has 1 aromatic heterocycles. The standard InChI is InChI=1S/C24H28N4O2/c1-5-28(15-20-9-7-6-8-10-20)23(29)16-30-22-14-19(4)25-24(27-22)26-21-12-17(2)11-18(3)13-21/h6-14H,5,15-16H2,1-4H3,(H,25,26,27). The minimum atomic E-state index is -0.0820. The van der Waals surface area contributed by atoms with Gasteiger partial charge >= 0.3 is 0 Å². The van der Waals surface area contributed by atoms with Crippen LogP contribution in [0.4, 0.5) is 11.6 Å². The molecular formula is C24H28N4O2. The number of rotatable bonds is 8. The average Bonchev–Trinajstić information content (AvgIpc) is 2.70. The predicted octanol–water partition coefficient (Wildman–Crippen LogP) is 4.57. The smallest absolute Gasteiger partial charge is 0.260 e. The predicted molar refractivity (Wildman–Crippen MR) is 119 cm³/mol. The second-order valence-corrected chi connectivity index (χ2v) is 7.35. The van der Waals surface area contributed by atoms with Crippen LogP contribution in [0, 0.1) is 20.8 Å². The molecule has 1 N–H and O–H groups in total. The van der Waals surface area contributed by atoms with E-state index in [0.717, 1.165) is 28.1 Å². The fraction of sp³-hybridized carbons (Fsp3) is 0.292. The Bertz CT molecular complexity index is 985. The van der Waals surface area contributed by atoms with Gasteiger partial charge in [0.25, 0.3) is 5.91 Å². The number of aromatic nitrogens is 2. The SMILES string of the molecule is CCN(Cc1ccccc1)C(=O)COc1cc(C)nc(Nc2cc(C)cc(C)c2)n1. The molecule has 6 nitrogen and oxygen atoms in total. The van der Waals surface area contributed by atoms with Crippen molar-refractivity contribution >= 4 is 17.5 Å². The number of likely N-dealkylation sites (N-methyl/N-ethyl adjacent to an activating group) is 1. The zero-order chi connectivity index (χ0) is 21.5. The minimum Gasteiger partial charge on any atom is -0.467 e. The number of aryl methyl sites for hydroxylation is 3. The summed E-state index contributed by atoms with van der Waals surface area (Å²) in [6, 6.07) is 17.8. The van der Waals surface area contributed by atoms with E-state index in [9.17, 15) is 4.79 Å². The topological polar surface area (TPSA) is 67.4 Å². The second-order valence-electron chi connectivity index (χ2n) is 7.35. The molecule has 1 amide bonds. The summed E-state index contributed by atoms with van der Waals surface area (Å²) in [5.41, 5.74) is 5.08. The van der Waals surface area contributed by atoms with E-state index in [2.05, 4.69) is 21.4 Å². The number of hydrogen-bond acceptors (Lipinski definition) is 5. The van der Waals surface area contributed by atoms with Gasteiger partial charge in [-0.25, -0.2) is 4.98 Å². The van der Waals surface area contributed by atoms with Crippen LogP contribution in [0.1, 0.15) is 29.3 Å². The van der Waals surface area contributed by atoms with Gasteiger partial charge in [-0.2, -0.15) is 4.98 Å². The summed E-state index contributed by atoms with van der Waals surface area (Å²) in [4.78, 5) is 23.2. The Kier molecular flexibility index (Phi) is 7.01. The van der Waals surface area contributed by atoms with Crippen molar-refractivity contribution in [2.24, 2.45) is 0 Å². The van der Waals surface area contributed by atoms with Gasteiger partial charge in [-0.05, 0) is 56.5 Å². The molecule has 0 saturated carbocycles. The van der Waals surface area contributed by atoms with Gasteiger partial charge in [0.15, 0.2) is 6.61 Å². The van der Waals surface area contributed by atoms with Gasteiger partial charge in [0.1, 0.15) is 0 Å². The van der Waals surface area contributed by atoms with Crippen molar-refractivity contribution in [3.63, 3.8) is 0 Å². The molecule has 0 unspecified atom stereocenters. The number of anilines is 2. The molecule has 0 saturated heterocycles. The van der Waals surface area contributed by atoms with Crippen LogP contribution in [0.15, 0.2) is 54.6 Å². The Morgan fingerprint density at radius 3 is 2.37 bits per heavy atom. The number of hydrogen-bond donors (Lipinski definition) is 1. The summed E-state index contributed by atoms with van der Waals surface area (Å²) in [7, 11) is 0. The number of nitrogens with zero attached hydrogens (tertiary/aromatic N) is 3. The van der Waals surface area contributed by atoms with E-state index in [1.807, 2.05) is 70.2 Å². The summed E-state index contributed by atoms with van der Waals surface area (Å²) < 4.78 is 5.71. The molecule has 30 heavy (non-hydrogen) atoms. The van der Waals surface area contributed by atoms with E-state index in [1.54, 1.807) is 11.0 Å². The maximum Gasteiger partial charge on any atom is 0.260 e. The van der Waals surface area contributed by atoms with Crippen molar-refractivity contribution in [1.29, 1.82) is 0 Å². The van der Waals surface area contributed by atoms with Gasteiger partial charge in [0.2, 0.25) is 11.8 Å². The van der Waals surface area contributed by atoms with Crippen LogP contribution >= 0.6 is 0 Å². The van der Waals surface area contributed by atoms with Crippen molar-refractivity contribution in [3.8, 4) is 5.88 Å². The minimum absolute atomic E-state index is 0.0693. The largest absolute Gasteiger partial charge is 0.467 e. The highest BCUT2D eigenvalue weighted by molar-refractivity contribution is 5.77. The summed E-state index contributed by atoms with van der Waals surface area (Å²) in [6.45, 7) is 9.02. The maximum atomic E-state index is 12.6. The van der Waals surface area contributed by atoms with E-state index in [-0.39, 0.29) is 12.5 Å². The Morgan fingerprint density at radius 1 is 1.00 bits per heavy atom. The quantitative estimate of drug-likeness (QED) is 0.596. The first kappa shape index (κ1) is 21.3. The highest BCUT2D eigenvalue weighted by atomic mass is 16.5. The lowest BCUT2D eigenvalue weighted by Crippen LogP contribution is -2.34. The number of nitrogens with one attached hydrogen (secondary N) is 1. The molecule has 0 radical (unpaired) electrons. The molecule has 2 aromatic carbocycles. The first-order valence-electron chi connectivity index (χ1n) is 10.1. The fourth-order valence-corrected chi connectivity index (χ4v) is 3.25. The molecule has 0 bridgehead atoms. The van der Waals surface area contributed by atoms with Crippen LogP contribution in [-0.4, -0.2) is 33.9 Å². The van der Waals surface area contributed by atoms with E-state index >= 15 is 0 Å². The molecule has 156 valence electrons. The second kappa shape index (κ2) is 9.87. The number of benzene rings is 2. The molecule has 1 heterocycles. The monoisotopic (exact) mass is 404 g/mol. The van der Waals surface area contributed by atoms with Crippen LogP contribution in [0.2, 0.25) is 0 Å². The lowest BCUT2D eigenvalue weighted by atomic mass is 10.1. The van der Waals surface area contributed by atoms with E-state index < -0.39 is 0 Å². The first-order chi connectivity index (χ1) is 14.4. The number of amides is 1. The average molecular weight is 405 g/mol. The first-order valence-corrected chi connectivity index (χ1v) is 10.1. The Balaban J connectivity index is 1.65. The van der Waals surface area contributed by atoms with Gasteiger partial charge in [0.05, 0.1) is 0 Å². The zero-order valence-electron chi connectivity index (χ0n) is 18.0. The van der Waals surface area contributed by atoms with Crippen molar-refractivity contribution in [1.82, 2.24) is 14.9 Å². The Hall–Kier alpha value is -3.41. The van der Waals surface area contributed by atoms with Crippen molar-refractivity contribution in [2.45, 2.75) is 34.2 Å². The number of carbonyl (C=O) groups excluding carboxylic acids is 1. The summed E-state index contributed by atoms with van der Waals surface area (Å²) in [5.74, 6) is 0.735. The normalized spacial score (nSPS) is 10.5. The highest BCUT2D eigenvalue weighted by Gasteiger charge is 2.14. The summed E-state index contributed by atoms with van der Waals surface area (Å²) in [6.07, 6.45) is 0. The summed E-state index contributed by atoms with van der Waals surface area (Å²) in [5, 5.41) is 3.22. The van der Waals surface area contributed by atoms with E-state index in [1.165, 1.54) is 0 Å². The molecule has 0 fully saturated rings. The summed E-state index contributed by atoms with van der Waals surface area (Å²) >= 11 is 0. The van der Waals surface area contributed by atoms with Gasteiger partial charge < -0.3 is 15.0 Å². The Morgan fingerprint density at radius 2 is 1.70 bits per heavy atom. The van der Waals surface area contributed by atoms with Crippen LogP contribution in [0.3, 0.4) is 0 Å². The lowest BCUT2D eigenvalue weighted by Gasteiger charge is -2.21. The van der Waals surface area contributed by atoms with Crippen molar-refractivity contribution in [3.05, 3.63) is 77.0 Å². The van der Waals surface area contributed by atoms with Crippen LogP contribution in [0.25, 0.3) is 0 Å². The Labute approximate surface area is 177 Å². The third kappa shape index (κ3) is 6.04. The maximum absolute atomic E-state index is 12.6. The van der Waals surface area contributed by atoms with Gasteiger partial charge in [-0.15, -0.1) is 0 Å².